The molecular formula is C26H19ClN2O7. The Hall–Kier alpha value is -4.50. The molecule has 0 unspecified atom stereocenters. The van der Waals surface area contributed by atoms with E-state index >= 15 is 0 Å². The maximum Gasteiger partial charge on any atom is 0.363 e. The Morgan fingerprint density at radius 3 is 2.61 bits per heavy atom. The number of carbonyl (C=O) groups is 2. The highest BCUT2D eigenvalue weighted by atomic mass is 35.5. The lowest BCUT2D eigenvalue weighted by Crippen LogP contribution is -2.12. The van der Waals surface area contributed by atoms with Gasteiger partial charge in [0.05, 0.1) is 17.1 Å². The van der Waals surface area contributed by atoms with E-state index in [0.29, 0.717) is 22.3 Å². The number of carbonyl (C=O) groups excluding carboxylic acids is 2. The maximum absolute atomic E-state index is 12.4. The lowest BCUT2D eigenvalue weighted by atomic mass is 10.1. The van der Waals surface area contributed by atoms with E-state index in [4.69, 9.17) is 25.8 Å². The van der Waals surface area contributed by atoms with Gasteiger partial charge < -0.3 is 14.2 Å². The Bertz CT molecular complexity index is 1430. The third-order valence-corrected chi connectivity index (χ3v) is 5.63. The van der Waals surface area contributed by atoms with Crippen molar-refractivity contribution in [1.82, 2.24) is 0 Å². The zero-order valence-electron chi connectivity index (χ0n) is 19.2. The predicted molar refractivity (Wildman–Crippen MR) is 133 cm³/mol. The second kappa shape index (κ2) is 10.4. The molecule has 0 spiro atoms. The van der Waals surface area contributed by atoms with Crippen LogP contribution in [0.4, 0.5) is 5.69 Å². The number of esters is 1. The molecule has 3 aromatic carbocycles. The van der Waals surface area contributed by atoms with E-state index in [9.17, 15) is 19.7 Å². The van der Waals surface area contributed by atoms with Crippen molar-refractivity contribution in [2.45, 2.75) is 6.92 Å². The molecule has 0 atom stereocenters. The highest BCUT2D eigenvalue weighted by molar-refractivity contribution is 6.32. The highest BCUT2D eigenvalue weighted by Crippen LogP contribution is 2.37. The van der Waals surface area contributed by atoms with Crippen LogP contribution in [0.1, 0.15) is 27.0 Å². The molecule has 3 aromatic rings. The molecule has 0 aromatic heterocycles. The number of aliphatic imine (C=N–C) groups is 1. The summed E-state index contributed by atoms with van der Waals surface area (Å²) in [5.41, 5.74) is 1.49. The number of nitro benzene ring substituents is 1. The fraction of sp³-hybridized carbons (Fsp3) is 0.115. The summed E-state index contributed by atoms with van der Waals surface area (Å²) in [5.74, 6) is -0.562. The third-order valence-electron chi connectivity index (χ3n) is 5.35. The number of halogens is 1. The first-order valence-electron chi connectivity index (χ1n) is 10.6. The predicted octanol–water partition coefficient (Wildman–Crippen LogP) is 5.17. The quantitative estimate of drug-likeness (QED) is 0.136. The van der Waals surface area contributed by atoms with E-state index in [1.54, 1.807) is 43.3 Å². The third kappa shape index (κ3) is 5.11. The van der Waals surface area contributed by atoms with Crippen LogP contribution in [0.5, 0.6) is 11.5 Å². The van der Waals surface area contributed by atoms with Crippen LogP contribution in [0.15, 0.2) is 71.4 Å². The van der Waals surface area contributed by atoms with Crippen LogP contribution in [0.3, 0.4) is 0 Å². The van der Waals surface area contributed by atoms with Crippen molar-refractivity contribution >= 4 is 41.0 Å². The van der Waals surface area contributed by atoms with E-state index in [2.05, 4.69) is 4.99 Å². The molecule has 1 aliphatic heterocycles. The number of nitro groups is 1. The van der Waals surface area contributed by atoms with Gasteiger partial charge in [-0.1, -0.05) is 48.0 Å². The van der Waals surface area contributed by atoms with Crippen molar-refractivity contribution in [2.24, 2.45) is 4.99 Å². The van der Waals surface area contributed by atoms with Crippen molar-refractivity contribution < 1.29 is 28.7 Å². The van der Waals surface area contributed by atoms with Crippen molar-refractivity contribution in [3.8, 4) is 11.5 Å². The number of methoxy groups -OCH3 is 1. The van der Waals surface area contributed by atoms with Gasteiger partial charge in [0.15, 0.2) is 29.6 Å². The summed E-state index contributed by atoms with van der Waals surface area (Å²) in [5, 5.41) is 11.4. The molecule has 0 fully saturated rings. The fourth-order valence-corrected chi connectivity index (χ4v) is 3.82. The Morgan fingerprint density at radius 2 is 1.92 bits per heavy atom. The van der Waals surface area contributed by atoms with Crippen molar-refractivity contribution in [3.05, 3.63) is 104 Å². The molecule has 1 aliphatic rings. The topological polar surface area (TPSA) is 117 Å². The molecule has 0 amide bonds. The zero-order chi connectivity index (χ0) is 25.8. The molecular weight excluding hydrogens is 488 g/mol. The standard InChI is InChI=1S/C26H19ClN2O7/c1-15-18(9-6-10-21(15)29(32)33)25-28-20(26(31)36-25)12-16-11-19(27)24(23(13-16)34-2)35-14-22(30)17-7-4-3-5-8-17/h3-13H,14H2,1-2H3/b20-12-. The van der Waals surface area contributed by atoms with Crippen LogP contribution < -0.4 is 9.47 Å². The van der Waals surface area contributed by atoms with Gasteiger partial charge in [-0.15, -0.1) is 0 Å². The monoisotopic (exact) mass is 506 g/mol. The maximum atomic E-state index is 12.4. The van der Waals surface area contributed by atoms with Gasteiger partial charge in [0.1, 0.15) is 0 Å². The highest BCUT2D eigenvalue weighted by Gasteiger charge is 2.27. The largest absolute Gasteiger partial charge is 0.493 e. The number of cyclic esters (lactones) is 1. The molecule has 0 saturated carbocycles. The molecule has 0 bridgehead atoms. The minimum atomic E-state index is -0.722. The summed E-state index contributed by atoms with van der Waals surface area (Å²) >= 11 is 6.40. The van der Waals surface area contributed by atoms with Crippen LogP contribution in [0.2, 0.25) is 5.02 Å². The number of rotatable bonds is 8. The molecule has 9 nitrogen and oxygen atoms in total. The zero-order valence-corrected chi connectivity index (χ0v) is 19.9. The lowest BCUT2D eigenvalue weighted by Gasteiger charge is -2.13. The van der Waals surface area contributed by atoms with Crippen molar-refractivity contribution in [2.75, 3.05) is 13.7 Å². The summed E-state index contributed by atoms with van der Waals surface area (Å²) < 4.78 is 16.3. The Balaban J connectivity index is 1.60. The first-order valence-corrected chi connectivity index (χ1v) is 11.0. The summed E-state index contributed by atoms with van der Waals surface area (Å²) in [6, 6.07) is 16.2. The van der Waals surface area contributed by atoms with Crippen LogP contribution in [0.25, 0.3) is 6.08 Å². The number of hydrogen-bond donors (Lipinski definition) is 0. The Labute approximate surface area is 210 Å². The molecule has 0 saturated heterocycles. The van der Waals surface area contributed by atoms with Gasteiger partial charge in [-0.25, -0.2) is 9.79 Å². The van der Waals surface area contributed by atoms with Gasteiger partial charge in [-0.05, 0) is 36.8 Å². The Morgan fingerprint density at radius 1 is 1.17 bits per heavy atom. The molecule has 10 heteroatoms. The molecule has 36 heavy (non-hydrogen) atoms. The number of ketones is 1. The average molecular weight is 507 g/mol. The summed E-state index contributed by atoms with van der Waals surface area (Å²) in [4.78, 5) is 39.7. The number of ether oxygens (including phenoxy) is 3. The van der Waals surface area contributed by atoms with Gasteiger partial charge in [0.25, 0.3) is 5.69 Å². The molecule has 182 valence electrons. The summed E-state index contributed by atoms with van der Waals surface area (Å²) in [6.07, 6.45) is 1.44. The van der Waals surface area contributed by atoms with Crippen molar-refractivity contribution in [1.29, 1.82) is 0 Å². The van der Waals surface area contributed by atoms with E-state index in [0.717, 1.165) is 0 Å². The van der Waals surface area contributed by atoms with Crippen LogP contribution in [-0.2, 0) is 9.53 Å². The van der Waals surface area contributed by atoms with Crippen LogP contribution >= 0.6 is 11.6 Å². The first-order chi connectivity index (χ1) is 17.3. The van der Waals surface area contributed by atoms with Crippen LogP contribution in [0, 0.1) is 17.0 Å². The molecule has 0 radical (unpaired) electrons. The lowest BCUT2D eigenvalue weighted by molar-refractivity contribution is -0.385. The Kier molecular flexibility index (Phi) is 7.12. The molecule has 0 N–H and O–H groups in total. The minimum absolute atomic E-state index is 0.0260. The van der Waals surface area contributed by atoms with E-state index < -0.39 is 10.9 Å². The van der Waals surface area contributed by atoms with Gasteiger partial charge in [0, 0.05) is 22.8 Å². The number of benzene rings is 3. The number of nitrogens with zero attached hydrogens (tertiary/aromatic N) is 2. The van der Waals surface area contributed by atoms with Gasteiger partial charge in [-0.3, -0.25) is 14.9 Å². The molecule has 4 rings (SSSR count). The molecule has 0 aliphatic carbocycles. The van der Waals surface area contributed by atoms with Gasteiger partial charge >= 0.3 is 5.97 Å². The number of hydrogen-bond acceptors (Lipinski definition) is 8. The first kappa shape index (κ1) is 24.6. The SMILES string of the molecule is COc1cc(/C=C2\N=C(c3cccc([N+](=O)[O-])c3C)OC2=O)cc(Cl)c1OCC(=O)c1ccccc1. The fourth-order valence-electron chi connectivity index (χ4n) is 3.54. The smallest absolute Gasteiger partial charge is 0.363 e. The van der Waals surface area contributed by atoms with E-state index in [1.165, 1.54) is 31.4 Å². The number of Topliss-reactive ketones (excluding diaryl/α,β-unsaturated/α-hetero) is 1. The van der Waals surface area contributed by atoms with Crippen LogP contribution in [-0.4, -0.2) is 36.3 Å². The van der Waals surface area contributed by atoms with Gasteiger partial charge in [0.2, 0.25) is 5.90 Å². The average Bonchev–Trinajstić information content (AvgIpc) is 3.22. The van der Waals surface area contributed by atoms with Gasteiger partial charge in [-0.2, -0.15) is 0 Å². The van der Waals surface area contributed by atoms with E-state index in [1.807, 2.05) is 6.07 Å². The second-order valence-electron chi connectivity index (χ2n) is 7.65. The van der Waals surface area contributed by atoms with E-state index in [-0.39, 0.29) is 46.2 Å². The minimum Gasteiger partial charge on any atom is -0.493 e. The normalized spacial score (nSPS) is 13.8. The summed E-state index contributed by atoms with van der Waals surface area (Å²) in [7, 11) is 1.42. The molecule has 1 heterocycles. The van der Waals surface area contributed by atoms with Crippen molar-refractivity contribution in [3.63, 3.8) is 0 Å². The second-order valence-corrected chi connectivity index (χ2v) is 8.06. The summed E-state index contributed by atoms with van der Waals surface area (Å²) in [6.45, 7) is 1.31.